The number of aryl methyl sites for hydroxylation is 2. The van der Waals surface area contributed by atoms with Crippen LogP contribution >= 0.6 is 0 Å². The van der Waals surface area contributed by atoms with Crippen LogP contribution in [0.2, 0.25) is 0 Å². The third-order valence-corrected chi connectivity index (χ3v) is 4.44. The molecular formula is C20H18F3NO2. The van der Waals surface area contributed by atoms with Crippen molar-refractivity contribution >= 4 is 17.5 Å². The van der Waals surface area contributed by atoms with Gasteiger partial charge in [-0.25, -0.2) is 0 Å². The van der Waals surface area contributed by atoms with E-state index < -0.39 is 29.5 Å². The Bertz CT molecular complexity index is 853. The lowest BCUT2D eigenvalue weighted by Gasteiger charge is -2.17. The number of nitrogens with zero attached hydrogens (tertiary/aromatic N) is 1. The standard InChI is InChI=1S/C20H18F3NO2/c1-12-6-13(2)8-14(7-12)9-15-10-18(25)24(19(15)26)17-5-3-4-16(11-17)20(21,22)23/h3-8,11,15H,9-10H2,1-2H3/t15-/m1/s1. The van der Waals surface area contributed by atoms with E-state index in [9.17, 15) is 22.8 Å². The summed E-state index contributed by atoms with van der Waals surface area (Å²) in [6, 6.07) is 10.2. The Hall–Kier alpha value is -2.63. The molecule has 136 valence electrons. The highest BCUT2D eigenvalue weighted by Gasteiger charge is 2.40. The van der Waals surface area contributed by atoms with E-state index in [4.69, 9.17) is 0 Å². The predicted molar refractivity (Wildman–Crippen MR) is 91.7 cm³/mol. The van der Waals surface area contributed by atoms with E-state index in [-0.39, 0.29) is 12.1 Å². The highest BCUT2D eigenvalue weighted by atomic mass is 19.4. The molecule has 0 aliphatic carbocycles. The second kappa shape index (κ2) is 6.59. The minimum absolute atomic E-state index is 0.00205. The van der Waals surface area contributed by atoms with E-state index >= 15 is 0 Å². The summed E-state index contributed by atoms with van der Waals surface area (Å²) < 4.78 is 38.7. The molecule has 3 nitrogen and oxygen atoms in total. The van der Waals surface area contributed by atoms with Crippen molar-refractivity contribution in [2.75, 3.05) is 4.90 Å². The van der Waals surface area contributed by atoms with Crippen molar-refractivity contribution in [3.8, 4) is 0 Å². The summed E-state index contributed by atoms with van der Waals surface area (Å²) in [4.78, 5) is 25.9. The number of hydrogen-bond donors (Lipinski definition) is 0. The number of anilines is 1. The summed E-state index contributed by atoms with van der Waals surface area (Å²) >= 11 is 0. The van der Waals surface area contributed by atoms with Crippen molar-refractivity contribution in [2.45, 2.75) is 32.9 Å². The molecule has 1 fully saturated rings. The maximum absolute atomic E-state index is 12.9. The van der Waals surface area contributed by atoms with Gasteiger partial charge in [-0.15, -0.1) is 0 Å². The highest BCUT2D eigenvalue weighted by Crippen LogP contribution is 2.34. The Balaban J connectivity index is 1.85. The van der Waals surface area contributed by atoms with Crippen molar-refractivity contribution in [1.82, 2.24) is 0 Å². The average Bonchev–Trinajstić information content (AvgIpc) is 2.79. The van der Waals surface area contributed by atoms with Crippen molar-refractivity contribution in [2.24, 2.45) is 5.92 Å². The van der Waals surface area contributed by atoms with Crippen molar-refractivity contribution < 1.29 is 22.8 Å². The molecular weight excluding hydrogens is 343 g/mol. The molecule has 1 aliphatic rings. The lowest BCUT2D eigenvalue weighted by atomic mass is 9.95. The van der Waals surface area contributed by atoms with Gasteiger partial charge in [-0.3, -0.25) is 14.5 Å². The highest BCUT2D eigenvalue weighted by molar-refractivity contribution is 6.21. The van der Waals surface area contributed by atoms with Crippen LogP contribution in [0.3, 0.4) is 0 Å². The van der Waals surface area contributed by atoms with E-state index in [0.29, 0.717) is 6.42 Å². The molecule has 2 aromatic rings. The Morgan fingerprint density at radius 2 is 1.69 bits per heavy atom. The van der Waals surface area contributed by atoms with Crippen molar-refractivity contribution in [3.05, 3.63) is 64.7 Å². The molecule has 1 heterocycles. The first-order valence-corrected chi connectivity index (χ1v) is 8.26. The maximum Gasteiger partial charge on any atom is 0.416 e. The van der Waals surface area contributed by atoms with Crippen LogP contribution in [0, 0.1) is 19.8 Å². The molecule has 26 heavy (non-hydrogen) atoms. The number of amides is 2. The fourth-order valence-electron chi connectivity index (χ4n) is 3.42. The maximum atomic E-state index is 12.9. The van der Waals surface area contributed by atoms with Gasteiger partial charge in [0.25, 0.3) is 0 Å². The number of benzene rings is 2. The summed E-state index contributed by atoms with van der Waals surface area (Å²) in [6.45, 7) is 3.90. The van der Waals surface area contributed by atoms with Crippen LogP contribution in [0.5, 0.6) is 0 Å². The fourth-order valence-corrected chi connectivity index (χ4v) is 3.42. The summed E-state index contributed by atoms with van der Waals surface area (Å²) in [6.07, 6.45) is -4.13. The van der Waals surface area contributed by atoms with Gasteiger partial charge in [0.2, 0.25) is 11.8 Å². The molecule has 0 bridgehead atoms. The Morgan fingerprint density at radius 1 is 1.04 bits per heavy atom. The summed E-state index contributed by atoms with van der Waals surface area (Å²) in [5.41, 5.74) is 2.16. The molecule has 1 saturated heterocycles. The lowest BCUT2D eigenvalue weighted by Crippen LogP contribution is -2.31. The number of alkyl halides is 3. The molecule has 1 atom stereocenters. The quantitative estimate of drug-likeness (QED) is 0.758. The van der Waals surface area contributed by atoms with Gasteiger partial charge in [-0.05, 0) is 44.0 Å². The molecule has 0 N–H and O–H groups in total. The first-order valence-electron chi connectivity index (χ1n) is 8.26. The molecule has 2 aromatic carbocycles. The number of halogens is 3. The lowest BCUT2D eigenvalue weighted by molar-refractivity contribution is -0.137. The minimum atomic E-state index is -4.53. The summed E-state index contributed by atoms with van der Waals surface area (Å²) in [7, 11) is 0. The van der Waals surface area contributed by atoms with Crippen LogP contribution in [-0.2, 0) is 22.2 Å². The number of imide groups is 1. The van der Waals surface area contributed by atoms with Gasteiger partial charge in [-0.1, -0.05) is 35.4 Å². The van der Waals surface area contributed by atoms with Crippen LogP contribution in [0.15, 0.2) is 42.5 Å². The molecule has 1 aliphatic heterocycles. The second-order valence-corrected chi connectivity index (χ2v) is 6.72. The molecule has 0 aromatic heterocycles. The van der Waals surface area contributed by atoms with Gasteiger partial charge in [0, 0.05) is 6.42 Å². The average molecular weight is 361 g/mol. The zero-order valence-corrected chi connectivity index (χ0v) is 14.4. The van der Waals surface area contributed by atoms with Gasteiger partial charge in [0.1, 0.15) is 0 Å². The van der Waals surface area contributed by atoms with Crippen LogP contribution < -0.4 is 4.90 Å². The smallest absolute Gasteiger partial charge is 0.274 e. The van der Waals surface area contributed by atoms with Gasteiger partial charge in [0.05, 0.1) is 17.2 Å². The Morgan fingerprint density at radius 3 is 2.31 bits per heavy atom. The van der Waals surface area contributed by atoms with E-state index in [1.165, 1.54) is 12.1 Å². The van der Waals surface area contributed by atoms with Gasteiger partial charge >= 0.3 is 6.18 Å². The number of carbonyl (C=O) groups is 2. The molecule has 2 amide bonds. The van der Waals surface area contributed by atoms with Crippen LogP contribution in [-0.4, -0.2) is 11.8 Å². The topological polar surface area (TPSA) is 37.4 Å². The van der Waals surface area contributed by atoms with Crippen molar-refractivity contribution in [3.63, 3.8) is 0 Å². The molecule has 6 heteroatoms. The third kappa shape index (κ3) is 3.64. The van der Waals surface area contributed by atoms with Gasteiger partial charge in [-0.2, -0.15) is 13.2 Å². The second-order valence-electron chi connectivity index (χ2n) is 6.72. The molecule has 0 unspecified atom stereocenters. The van der Waals surface area contributed by atoms with Crippen LogP contribution in [0.1, 0.15) is 28.7 Å². The first-order chi connectivity index (χ1) is 12.1. The van der Waals surface area contributed by atoms with E-state index in [1.807, 2.05) is 32.0 Å². The molecule has 3 rings (SSSR count). The zero-order chi connectivity index (χ0) is 19.1. The fraction of sp³-hybridized carbons (Fsp3) is 0.300. The third-order valence-electron chi connectivity index (χ3n) is 4.44. The van der Waals surface area contributed by atoms with Gasteiger partial charge in [0.15, 0.2) is 0 Å². The van der Waals surface area contributed by atoms with Crippen LogP contribution in [0.25, 0.3) is 0 Å². The van der Waals surface area contributed by atoms with E-state index in [0.717, 1.165) is 33.7 Å². The van der Waals surface area contributed by atoms with Crippen molar-refractivity contribution in [1.29, 1.82) is 0 Å². The SMILES string of the molecule is Cc1cc(C)cc(C[C@@H]2CC(=O)N(c3cccc(C(F)(F)F)c3)C2=O)c1. The summed E-state index contributed by atoms with van der Waals surface area (Å²) in [5.74, 6) is -1.48. The predicted octanol–water partition coefficient (Wildman–Crippen LogP) is 4.44. The molecule has 0 saturated carbocycles. The number of carbonyl (C=O) groups excluding carboxylic acids is 2. The largest absolute Gasteiger partial charge is 0.416 e. The van der Waals surface area contributed by atoms with E-state index in [2.05, 4.69) is 0 Å². The Kier molecular flexibility index (Phi) is 4.61. The number of hydrogen-bond acceptors (Lipinski definition) is 2. The zero-order valence-electron chi connectivity index (χ0n) is 14.4. The van der Waals surface area contributed by atoms with Gasteiger partial charge < -0.3 is 0 Å². The monoisotopic (exact) mass is 361 g/mol. The normalized spacial score (nSPS) is 17.9. The van der Waals surface area contributed by atoms with Crippen LogP contribution in [0.4, 0.5) is 18.9 Å². The van der Waals surface area contributed by atoms with E-state index in [1.54, 1.807) is 0 Å². The number of rotatable bonds is 3. The summed E-state index contributed by atoms with van der Waals surface area (Å²) in [5, 5.41) is 0. The molecule has 0 spiro atoms. The Labute approximate surface area is 149 Å². The molecule has 0 radical (unpaired) electrons. The first kappa shape index (κ1) is 18.2. The minimum Gasteiger partial charge on any atom is -0.274 e.